The lowest BCUT2D eigenvalue weighted by Gasteiger charge is -1.98. The first kappa shape index (κ1) is 10.2. The molecule has 0 radical (unpaired) electrons. The minimum Gasteiger partial charge on any atom is -0.333 e. The molecule has 0 spiro atoms. The number of amides is 1. The minimum absolute atomic E-state index is 0.207. The van der Waals surface area contributed by atoms with E-state index in [2.05, 4.69) is 15.5 Å². The zero-order valence-electron chi connectivity index (χ0n) is 5.94. The molecule has 66 valence electrons. The number of sulfone groups is 1. The lowest BCUT2D eigenvalue weighted by Crippen LogP contribution is -2.17. The average molecular weight is 183 g/mol. The summed E-state index contributed by atoms with van der Waals surface area (Å²) in [7, 11) is -3.08. The van der Waals surface area contributed by atoms with Crippen LogP contribution >= 0.6 is 0 Å². The second-order valence-corrected chi connectivity index (χ2v) is 4.11. The summed E-state index contributed by atoms with van der Waals surface area (Å²) in [5, 5.41) is 0. The number of hydrogen-bond donors (Lipinski definition) is 1. The van der Waals surface area contributed by atoms with Gasteiger partial charge >= 0.3 is 6.09 Å². The van der Waals surface area contributed by atoms with Crippen molar-refractivity contribution in [2.24, 2.45) is 5.73 Å². The molecule has 0 heterocycles. The molecule has 0 aliphatic carbocycles. The van der Waals surface area contributed by atoms with Crippen LogP contribution in [0.5, 0.6) is 0 Å². The van der Waals surface area contributed by atoms with E-state index in [0.717, 1.165) is 6.26 Å². The van der Waals surface area contributed by atoms with Crippen LogP contribution in [0.3, 0.4) is 0 Å². The van der Waals surface area contributed by atoms with Gasteiger partial charge in [0.15, 0.2) is 0 Å². The van der Waals surface area contributed by atoms with Crippen LogP contribution in [0.25, 0.3) is 0 Å². The molecule has 1 amide bonds. The fourth-order valence-electron chi connectivity index (χ4n) is 0.285. The Balaban J connectivity index is 3.37. The molecule has 11 heavy (non-hydrogen) atoms. The molecular weight excluding hydrogens is 174 g/mol. The number of primary amides is 1. The Bertz CT molecular complexity index is 221. The summed E-state index contributed by atoms with van der Waals surface area (Å²) in [5.74, 6) is -0.208. The Hall–Kier alpha value is -0.820. The van der Waals surface area contributed by atoms with Gasteiger partial charge in [-0.15, -0.1) is 0 Å². The Labute approximate surface area is 64.1 Å². The summed E-state index contributed by atoms with van der Waals surface area (Å²) in [6.07, 6.45) is -0.0563. The number of hydrogen-bond acceptors (Lipinski definition) is 5. The van der Waals surface area contributed by atoms with Crippen LogP contribution in [0, 0.1) is 0 Å². The van der Waals surface area contributed by atoms with E-state index in [-0.39, 0.29) is 12.4 Å². The van der Waals surface area contributed by atoms with Gasteiger partial charge in [0.25, 0.3) is 0 Å². The van der Waals surface area contributed by atoms with E-state index < -0.39 is 15.9 Å². The van der Waals surface area contributed by atoms with E-state index in [1.165, 1.54) is 0 Å². The third-order valence-electron chi connectivity index (χ3n) is 0.679. The topological polar surface area (TPSA) is 95.7 Å². The molecule has 0 fully saturated rings. The maximum atomic E-state index is 10.4. The summed E-state index contributed by atoms with van der Waals surface area (Å²) < 4.78 is 20.8. The van der Waals surface area contributed by atoms with Crippen LogP contribution in [0.2, 0.25) is 0 Å². The monoisotopic (exact) mass is 183 g/mol. The molecule has 0 aromatic heterocycles. The van der Waals surface area contributed by atoms with Crippen LogP contribution in [0.1, 0.15) is 0 Å². The van der Waals surface area contributed by atoms with Gasteiger partial charge in [0.1, 0.15) is 16.4 Å². The first-order valence-corrected chi connectivity index (χ1v) is 4.74. The molecule has 6 nitrogen and oxygen atoms in total. The van der Waals surface area contributed by atoms with E-state index in [9.17, 15) is 13.2 Å². The fourth-order valence-corrected chi connectivity index (χ4v) is 0.656. The molecule has 0 saturated heterocycles. The van der Waals surface area contributed by atoms with Crippen molar-refractivity contribution in [2.45, 2.75) is 0 Å². The summed E-state index contributed by atoms with van der Waals surface area (Å²) in [6, 6.07) is 0. The van der Waals surface area contributed by atoms with E-state index >= 15 is 0 Å². The van der Waals surface area contributed by atoms with Crippen molar-refractivity contribution in [3.8, 4) is 0 Å². The van der Waals surface area contributed by atoms with Gasteiger partial charge in [0.05, 0.1) is 5.75 Å². The lowest BCUT2D eigenvalue weighted by atomic mass is 10.9. The Kier molecular flexibility index (Phi) is 3.83. The van der Waals surface area contributed by atoms with Crippen LogP contribution in [-0.4, -0.2) is 33.1 Å². The molecule has 0 atom stereocenters. The van der Waals surface area contributed by atoms with Gasteiger partial charge in [0, 0.05) is 6.26 Å². The molecule has 0 bridgehead atoms. The number of rotatable bonds is 4. The second-order valence-electron chi connectivity index (χ2n) is 1.85. The first-order valence-electron chi connectivity index (χ1n) is 2.68. The van der Waals surface area contributed by atoms with E-state index in [4.69, 9.17) is 0 Å². The molecule has 0 aliphatic heterocycles. The van der Waals surface area contributed by atoms with Crippen LogP contribution < -0.4 is 5.73 Å². The molecular formula is C4H9NO5S. The SMILES string of the molecule is CS(=O)(=O)CCOOC(N)=O. The quantitative estimate of drug-likeness (QED) is 0.344. The van der Waals surface area contributed by atoms with Gasteiger partial charge in [-0.2, -0.15) is 4.89 Å². The van der Waals surface area contributed by atoms with Crippen LogP contribution in [-0.2, 0) is 19.6 Å². The van der Waals surface area contributed by atoms with E-state index in [1.54, 1.807) is 0 Å². The van der Waals surface area contributed by atoms with Crippen LogP contribution in [0.4, 0.5) is 4.79 Å². The maximum absolute atomic E-state index is 10.4. The summed E-state index contributed by atoms with van der Waals surface area (Å²) in [4.78, 5) is 17.8. The van der Waals surface area contributed by atoms with Gasteiger partial charge in [-0.1, -0.05) is 0 Å². The Morgan fingerprint density at radius 2 is 2.09 bits per heavy atom. The highest BCUT2D eigenvalue weighted by molar-refractivity contribution is 7.90. The van der Waals surface area contributed by atoms with Gasteiger partial charge < -0.3 is 5.73 Å². The highest BCUT2D eigenvalue weighted by atomic mass is 32.2. The Morgan fingerprint density at radius 1 is 1.55 bits per heavy atom. The molecule has 0 aromatic rings. The van der Waals surface area contributed by atoms with Crippen molar-refractivity contribution >= 4 is 15.9 Å². The van der Waals surface area contributed by atoms with E-state index in [0.29, 0.717) is 0 Å². The zero-order valence-corrected chi connectivity index (χ0v) is 6.76. The molecule has 0 saturated carbocycles. The number of carbonyl (C=O) groups is 1. The predicted molar refractivity (Wildman–Crippen MR) is 36.3 cm³/mol. The summed E-state index contributed by atoms with van der Waals surface area (Å²) >= 11 is 0. The lowest BCUT2D eigenvalue weighted by molar-refractivity contribution is -0.231. The zero-order chi connectivity index (χ0) is 8.91. The maximum Gasteiger partial charge on any atom is 0.436 e. The van der Waals surface area contributed by atoms with Crippen LogP contribution in [0.15, 0.2) is 0 Å². The smallest absolute Gasteiger partial charge is 0.333 e. The first-order chi connectivity index (χ1) is 4.92. The number of nitrogens with two attached hydrogens (primary N) is 1. The summed E-state index contributed by atoms with van der Waals surface area (Å²) in [5.41, 5.74) is 4.51. The third-order valence-corrected chi connectivity index (χ3v) is 1.59. The summed E-state index contributed by atoms with van der Waals surface area (Å²) in [6.45, 7) is -0.207. The number of carbonyl (C=O) groups excluding carboxylic acids is 1. The highest BCUT2D eigenvalue weighted by Crippen LogP contribution is 1.84. The normalized spacial score (nSPS) is 11.0. The van der Waals surface area contributed by atoms with Gasteiger partial charge in [-0.3, -0.25) is 4.89 Å². The van der Waals surface area contributed by atoms with Gasteiger partial charge in [-0.25, -0.2) is 13.2 Å². The van der Waals surface area contributed by atoms with Gasteiger partial charge in [0.2, 0.25) is 0 Å². The van der Waals surface area contributed by atoms with Crippen molar-refractivity contribution in [3.63, 3.8) is 0 Å². The van der Waals surface area contributed by atoms with Crippen molar-refractivity contribution in [2.75, 3.05) is 18.6 Å². The molecule has 2 N–H and O–H groups in total. The Morgan fingerprint density at radius 3 is 2.45 bits per heavy atom. The molecule has 7 heteroatoms. The standard InChI is InChI=1S/C4H9NO5S/c1-11(7,8)3-2-9-10-4(5)6/h2-3H2,1H3,(H2,5,6). The fraction of sp³-hybridized carbons (Fsp3) is 0.750. The third kappa shape index (κ3) is 9.18. The largest absolute Gasteiger partial charge is 0.436 e. The van der Waals surface area contributed by atoms with E-state index in [1.807, 2.05) is 0 Å². The molecule has 0 aromatic carbocycles. The second kappa shape index (κ2) is 4.14. The van der Waals surface area contributed by atoms with Crippen molar-refractivity contribution in [1.29, 1.82) is 0 Å². The predicted octanol–water partition coefficient (Wildman–Crippen LogP) is -0.942. The minimum atomic E-state index is -3.08. The highest BCUT2D eigenvalue weighted by Gasteiger charge is 2.02. The average Bonchev–Trinajstić information content (AvgIpc) is 1.78. The van der Waals surface area contributed by atoms with Crippen molar-refractivity contribution in [1.82, 2.24) is 0 Å². The molecule has 0 unspecified atom stereocenters. The van der Waals surface area contributed by atoms with Crippen molar-refractivity contribution in [3.05, 3.63) is 0 Å². The molecule has 0 aliphatic rings. The molecule has 0 rings (SSSR count). The van der Waals surface area contributed by atoms with Crippen molar-refractivity contribution < 1.29 is 23.0 Å². The van der Waals surface area contributed by atoms with Gasteiger partial charge in [-0.05, 0) is 0 Å².